The standard InChI is InChI=1S/C12H17N3O2/c13-8-4-5-15-9(6-8)10(12(16)17)14-11(15)7-2-1-3-7/h7-8H,1-6,13H2,(H,16,17). The molecule has 1 aromatic rings. The highest BCUT2D eigenvalue weighted by Gasteiger charge is 2.32. The SMILES string of the molecule is NC1CCn2c(C3CCC3)nc(C(=O)O)c2C1. The van der Waals surface area contributed by atoms with Crippen molar-refractivity contribution in [2.75, 3.05) is 0 Å². The Labute approximate surface area is 99.6 Å². The molecule has 5 heteroatoms. The zero-order valence-electron chi connectivity index (χ0n) is 9.72. The summed E-state index contributed by atoms with van der Waals surface area (Å²) in [7, 11) is 0. The second kappa shape index (κ2) is 3.84. The first kappa shape index (κ1) is 10.8. The maximum absolute atomic E-state index is 11.2. The number of aromatic carboxylic acids is 1. The Bertz CT molecular complexity index is 463. The van der Waals surface area contributed by atoms with Gasteiger partial charge in [0.15, 0.2) is 5.69 Å². The second-order valence-corrected chi connectivity index (χ2v) is 5.10. The molecule has 1 aromatic heterocycles. The Morgan fingerprint density at radius 1 is 1.41 bits per heavy atom. The minimum absolute atomic E-state index is 0.0755. The summed E-state index contributed by atoms with van der Waals surface area (Å²) in [6, 6.07) is 0.0755. The van der Waals surface area contributed by atoms with Crippen LogP contribution >= 0.6 is 0 Å². The van der Waals surface area contributed by atoms with Crippen molar-refractivity contribution >= 4 is 5.97 Å². The quantitative estimate of drug-likeness (QED) is 0.805. The van der Waals surface area contributed by atoms with E-state index < -0.39 is 5.97 Å². The van der Waals surface area contributed by atoms with E-state index in [0.29, 0.717) is 12.3 Å². The van der Waals surface area contributed by atoms with Crippen LogP contribution in [-0.2, 0) is 13.0 Å². The third-order valence-electron chi connectivity index (χ3n) is 3.95. The lowest BCUT2D eigenvalue weighted by Crippen LogP contribution is -2.32. The zero-order valence-corrected chi connectivity index (χ0v) is 9.72. The fourth-order valence-corrected chi connectivity index (χ4v) is 2.76. The van der Waals surface area contributed by atoms with Crippen molar-refractivity contribution in [2.24, 2.45) is 5.73 Å². The van der Waals surface area contributed by atoms with E-state index in [2.05, 4.69) is 9.55 Å². The number of hydrogen-bond donors (Lipinski definition) is 2. The molecule has 3 N–H and O–H groups in total. The van der Waals surface area contributed by atoms with Crippen molar-refractivity contribution in [3.8, 4) is 0 Å². The highest BCUT2D eigenvalue weighted by atomic mass is 16.4. The molecule has 2 heterocycles. The number of nitrogens with two attached hydrogens (primary N) is 1. The van der Waals surface area contributed by atoms with Gasteiger partial charge in [-0.25, -0.2) is 9.78 Å². The summed E-state index contributed by atoms with van der Waals surface area (Å²) in [5.41, 5.74) is 6.97. The van der Waals surface area contributed by atoms with Crippen molar-refractivity contribution in [2.45, 2.75) is 50.6 Å². The Morgan fingerprint density at radius 2 is 2.18 bits per heavy atom. The molecule has 3 rings (SSSR count). The lowest BCUT2D eigenvalue weighted by molar-refractivity contribution is 0.0689. The lowest BCUT2D eigenvalue weighted by Gasteiger charge is -2.28. The molecule has 0 spiro atoms. The fraction of sp³-hybridized carbons (Fsp3) is 0.667. The number of imidazole rings is 1. The first-order valence-corrected chi connectivity index (χ1v) is 6.25. The van der Waals surface area contributed by atoms with E-state index in [1.807, 2.05) is 0 Å². The highest BCUT2D eigenvalue weighted by Crippen LogP contribution is 2.37. The first-order valence-electron chi connectivity index (χ1n) is 6.25. The molecule has 1 saturated carbocycles. The van der Waals surface area contributed by atoms with Crippen molar-refractivity contribution < 1.29 is 9.90 Å². The van der Waals surface area contributed by atoms with E-state index >= 15 is 0 Å². The Hall–Kier alpha value is -1.36. The van der Waals surface area contributed by atoms with Gasteiger partial charge in [0, 0.05) is 24.9 Å². The number of aromatic nitrogens is 2. The third kappa shape index (κ3) is 1.65. The van der Waals surface area contributed by atoms with Gasteiger partial charge in [0.25, 0.3) is 0 Å². The number of carboxylic acids is 1. The number of carbonyl (C=O) groups is 1. The summed E-state index contributed by atoms with van der Waals surface area (Å²) in [5, 5.41) is 9.20. The van der Waals surface area contributed by atoms with E-state index in [1.54, 1.807) is 0 Å². The molecule has 92 valence electrons. The predicted molar refractivity (Wildman–Crippen MR) is 62.1 cm³/mol. The Kier molecular flexibility index (Phi) is 2.43. The normalized spacial score (nSPS) is 24.2. The summed E-state index contributed by atoms with van der Waals surface area (Å²) in [5.74, 6) is 0.528. The van der Waals surface area contributed by atoms with Crippen LogP contribution in [0.2, 0.25) is 0 Å². The molecular formula is C12H17N3O2. The van der Waals surface area contributed by atoms with Crippen LogP contribution in [0.15, 0.2) is 0 Å². The van der Waals surface area contributed by atoms with Crippen molar-refractivity contribution in [3.05, 3.63) is 17.2 Å². The number of nitrogens with zero attached hydrogens (tertiary/aromatic N) is 2. The van der Waals surface area contributed by atoms with Crippen LogP contribution in [0.1, 0.15) is 53.6 Å². The molecular weight excluding hydrogens is 218 g/mol. The molecule has 0 aromatic carbocycles. The molecule has 1 unspecified atom stereocenters. The van der Waals surface area contributed by atoms with Crippen LogP contribution in [0.4, 0.5) is 0 Å². The van der Waals surface area contributed by atoms with Gasteiger partial charge < -0.3 is 15.4 Å². The summed E-state index contributed by atoms with van der Waals surface area (Å²) < 4.78 is 2.11. The minimum Gasteiger partial charge on any atom is -0.476 e. The topological polar surface area (TPSA) is 81.1 Å². The molecule has 1 aliphatic carbocycles. The van der Waals surface area contributed by atoms with Crippen molar-refractivity contribution in [3.63, 3.8) is 0 Å². The van der Waals surface area contributed by atoms with Crippen LogP contribution in [0.25, 0.3) is 0 Å². The maximum Gasteiger partial charge on any atom is 0.356 e. The molecule has 0 radical (unpaired) electrons. The van der Waals surface area contributed by atoms with E-state index in [1.165, 1.54) is 6.42 Å². The molecule has 2 aliphatic rings. The summed E-state index contributed by atoms with van der Waals surface area (Å²) in [4.78, 5) is 15.6. The Morgan fingerprint density at radius 3 is 2.76 bits per heavy atom. The molecule has 1 fully saturated rings. The van der Waals surface area contributed by atoms with Crippen LogP contribution in [0, 0.1) is 0 Å². The van der Waals surface area contributed by atoms with E-state index in [-0.39, 0.29) is 11.7 Å². The van der Waals surface area contributed by atoms with Crippen LogP contribution in [-0.4, -0.2) is 26.7 Å². The second-order valence-electron chi connectivity index (χ2n) is 5.10. The average Bonchev–Trinajstić information content (AvgIpc) is 2.54. The van der Waals surface area contributed by atoms with E-state index in [0.717, 1.165) is 37.3 Å². The van der Waals surface area contributed by atoms with Gasteiger partial charge in [-0.3, -0.25) is 0 Å². The molecule has 1 atom stereocenters. The van der Waals surface area contributed by atoms with Crippen LogP contribution in [0.5, 0.6) is 0 Å². The van der Waals surface area contributed by atoms with E-state index in [4.69, 9.17) is 5.73 Å². The average molecular weight is 235 g/mol. The van der Waals surface area contributed by atoms with E-state index in [9.17, 15) is 9.90 Å². The van der Waals surface area contributed by atoms with Gasteiger partial charge in [0.1, 0.15) is 5.82 Å². The largest absolute Gasteiger partial charge is 0.476 e. The number of fused-ring (bicyclic) bond motifs is 1. The number of carboxylic acid groups (broad SMARTS) is 1. The smallest absolute Gasteiger partial charge is 0.356 e. The fourth-order valence-electron chi connectivity index (χ4n) is 2.76. The number of rotatable bonds is 2. The molecule has 0 amide bonds. The van der Waals surface area contributed by atoms with Gasteiger partial charge in [0.2, 0.25) is 0 Å². The third-order valence-corrected chi connectivity index (χ3v) is 3.95. The van der Waals surface area contributed by atoms with Gasteiger partial charge in [-0.15, -0.1) is 0 Å². The monoisotopic (exact) mass is 235 g/mol. The summed E-state index contributed by atoms with van der Waals surface area (Å²) in [6.45, 7) is 0.822. The molecule has 1 aliphatic heterocycles. The molecule has 0 bridgehead atoms. The van der Waals surface area contributed by atoms with Gasteiger partial charge in [-0.1, -0.05) is 6.42 Å². The van der Waals surface area contributed by atoms with Crippen LogP contribution in [0.3, 0.4) is 0 Å². The summed E-state index contributed by atoms with van der Waals surface area (Å²) >= 11 is 0. The number of hydrogen-bond acceptors (Lipinski definition) is 3. The Balaban J connectivity index is 2.05. The van der Waals surface area contributed by atoms with Gasteiger partial charge in [-0.2, -0.15) is 0 Å². The van der Waals surface area contributed by atoms with Gasteiger partial charge in [-0.05, 0) is 19.3 Å². The lowest BCUT2D eigenvalue weighted by atomic mass is 9.84. The first-order chi connectivity index (χ1) is 8.16. The maximum atomic E-state index is 11.2. The highest BCUT2D eigenvalue weighted by molar-refractivity contribution is 5.87. The minimum atomic E-state index is -0.923. The van der Waals surface area contributed by atoms with Gasteiger partial charge in [0.05, 0.1) is 5.69 Å². The predicted octanol–water partition coefficient (Wildman–Crippen LogP) is 1.12. The van der Waals surface area contributed by atoms with Crippen molar-refractivity contribution in [1.82, 2.24) is 9.55 Å². The molecule has 5 nitrogen and oxygen atoms in total. The summed E-state index contributed by atoms with van der Waals surface area (Å²) in [6.07, 6.45) is 5.07. The zero-order chi connectivity index (χ0) is 12.0. The molecule has 0 saturated heterocycles. The van der Waals surface area contributed by atoms with Crippen molar-refractivity contribution in [1.29, 1.82) is 0 Å². The molecule has 17 heavy (non-hydrogen) atoms. The van der Waals surface area contributed by atoms with Crippen LogP contribution < -0.4 is 5.73 Å². The van der Waals surface area contributed by atoms with Gasteiger partial charge >= 0.3 is 5.97 Å².